The standard InChI is InChI=1S/C16H12N4S4/c1-7-3-5-9(23-7)11-12(10-6-4-8(2)24-10)18-14-13(17-11)15(21)20-16(22)19-14/h3-6H,1-2H3,(H2,18,19,20,21,22). The van der Waals surface area contributed by atoms with Crippen molar-refractivity contribution in [3.05, 3.63) is 43.4 Å². The first kappa shape index (κ1) is 15.8. The summed E-state index contributed by atoms with van der Waals surface area (Å²) in [4.78, 5) is 20.3. The molecule has 0 aliphatic carbocycles. The molecule has 2 N–H and O–H groups in total. The molecule has 0 aromatic carbocycles. The molecule has 4 rings (SSSR count). The lowest BCUT2D eigenvalue weighted by Gasteiger charge is -2.07. The Labute approximate surface area is 156 Å². The molecule has 4 heterocycles. The van der Waals surface area contributed by atoms with Gasteiger partial charge in [-0.2, -0.15) is 0 Å². The van der Waals surface area contributed by atoms with Crippen molar-refractivity contribution in [2.75, 3.05) is 0 Å². The predicted molar refractivity (Wildman–Crippen MR) is 106 cm³/mol. The van der Waals surface area contributed by atoms with Crippen molar-refractivity contribution in [2.45, 2.75) is 13.8 Å². The number of nitrogens with zero attached hydrogens (tertiary/aromatic N) is 2. The summed E-state index contributed by atoms with van der Waals surface area (Å²) in [5.74, 6) is 0. The van der Waals surface area contributed by atoms with Crippen LogP contribution in [-0.4, -0.2) is 19.9 Å². The van der Waals surface area contributed by atoms with Crippen LogP contribution in [-0.2, 0) is 0 Å². The number of hydrogen-bond acceptors (Lipinski definition) is 6. The van der Waals surface area contributed by atoms with Gasteiger partial charge in [-0.3, -0.25) is 0 Å². The highest BCUT2D eigenvalue weighted by Gasteiger charge is 2.17. The third-order valence-corrected chi connectivity index (χ3v) is 6.03. The van der Waals surface area contributed by atoms with Crippen LogP contribution >= 0.6 is 47.1 Å². The summed E-state index contributed by atoms with van der Waals surface area (Å²) in [5, 5.41) is 0. The second-order valence-corrected chi connectivity index (χ2v) is 8.74. The molecule has 24 heavy (non-hydrogen) atoms. The number of H-pyrrole nitrogens is 2. The monoisotopic (exact) mass is 388 g/mol. The first-order valence-electron chi connectivity index (χ1n) is 7.19. The summed E-state index contributed by atoms with van der Waals surface area (Å²) < 4.78 is 0.958. The number of hydrogen-bond donors (Lipinski definition) is 2. The number of nitrogens with one attached hydrogen (secondary N) is 2. The van der Waals surface area contributed by atoms with E-state index in [4.69, 9.17) is 34.4 Å². The zero-order chi connectivity index (χ0) is 16.8. The van der Waals surface area contributed by atoms with E-state index in [9.17, 15) is 0 Å². The molecule has 0 spiro atoms. The van der Waals surface area contributed by atoms with Gasteiger partial charge in [0.1, 0.15) is 21.5 Å². The highest BCUT2D eigenvalue weighted by atomic mass is 32.1. The highest BCUT2D eigenvalue weighted by Crippen LogP contribution is 2.37. The molecule has 0 amide bonds. The highest BCUT2D eigenvalue weighted by molar-refractivity contribution is 7.72. The smallest absolute Gasteiger partial charge is 0.177 e. The van der Waals surface area contributed by atoms with Crippen LogP contribution in [0.5, 0.6) is 0 Å². The summed E-state index contributed by atoms with van der Waals surface area (Å²) in [6, 6.07) is 8.35. The number of rotatable bonds is 2. The van der Waals surface area contributed by atoms with Crippen LogP contribution < -0.4 is 0 Å². The second-order valence-electron chi connectivity index (χ2n) is 5.35. The van der Waals surface area contributed by atoms with Gasteiger partial charge in [-0.15, -0.1) is 22.7 Å². The number of aryl methyl sites for hydroxylation is 2. The van der Waals surface area contributed by atoms with E-state index in [1.54, 1.807) is 22.7 Å². The molecule has 0 bridgehead atoms. The van der Waals surface area contributed by atoms with E-state index in [0.717, 1.165) is 21.1 Å². The Kier molecular flexibility index (Phi) is 3.92. The molecule has 0 saturated carbocycles. The van der Waals surface area contributed by atoms with Gasteiger partial charge in [0.25, 0.3) is 0 Å². The van der Waals surface area contributed by atoms with Crippen LogP contribution in [0.2, 0.25) is 0 Å². The lowest BCUT2D eigenvalue weighted by atomic mass is 10.2. The molecule has 4 aromatic heterocycles. The fourth-order valence-corrected chi connectivity index (χ4v) is 4.67. The molecule has 4 nitrogen and oxygen atoms in total. The number of aromatic amines is 2. The third-order valence-electron chi connectivity index (χ3n) is 3.52. The molecule has 0 saturated heterocycles. The van der Waals surface area contributed by atoms with Crippen molar-refractivity contribution < 1.29 is 0 Å². The summed E-state index contributed by atoms with van der Waals surface area (Å²) in [5.41, 5.74) is 2.96. The van der Waals surface area contributed by atoms with Crippen LogP contribution in [0.25, 0.3) is 32.3 Å². The van der Waals surface area contributed by atoms with Gasteiger partial charge in [-0.1, -0.05) is 12.2 Å². The van der Waals surface area contributed by atoms with Gasteiger partial charge in [0.2, 0.25) is 0 Å². The summed E-state index contributed by atoms with van der Waals surface area (Å²) in [6.07, 6.45) is 0. The molecule has 0 atom stereocenters. The van der Waals surface area contributed by atoms with E-state index < -0.39 is 0 Å². The average Bonchev–Trinajstić information content (AvgIpc) is 3.14. The molecular formula is C16H12N4S4. The predicted octanol–water partition coefficient (Wildman–Crippen LogP) is 5.82. The fourth-order valence-electron chi connectivity index (χ4n) is 2.45. The van der Waals surface area contributed by atoms with Crippen molar-refractivity contribution in [3.63, 3.8) is 0 Å². The minimum atomic E-state index is 0.454. The SMILES string of the molecule is Cc1ccc(-c2nc3[nH]c(=S)[nH]c(=S)c3nc2-c2ccc(C)s2)s1. The lowest BCUT2D eigenvalue weighted by Crippen LogP contribution is -1.97. The van der Waals surface area contributed by atoms with Crippen molar-refractivity contribution in [1.29, 1.82) is 0 Å². The van der Waals surface area contributed by atoms with E-state index in [1.807, 2.05) is 0 Å². The molecule has 0 unspecified atom stereocenters. The summed E-state index contributed by atoms with van der Waals surface area (Å²) in [6.45, 7) is 4.17. The van der Waals surface area contributed by atoms with Crippen LogP contribution in [0.4, 0.5) is 0 Å². The van der Waals surface area contributed by atoms with Crippen LogP contribution in [0.3, 0.4) is 0 Å². The molecule has 4 aromatic rings. The van der Waals surface area contributed by atoms with Crippen LogP contribution in [0.1, 0.15) is 9.75 Å². The van der Waals surface area contributed by atoms with Gasteiger partial charge in [-0.05, 0) is 50.3 Å². The molecular weight excluding hydrogens is 376 g/mol. The topological polar surface area (TPSA) is 57.4 Å². The van der Waals surface area contributed by atoms with Gasteiger partial charge in [-0.25, -0.2) is 9.97 Å². The first-order valence-corrected chi connectivity index (χ1v) is 9.64. The maximum absolute atomic E-state index is 5.38. The van der Waals surface area contributed by atoms with E-state index in [2.05, 4.69) is 48.1 Å². The van der Waals surface area contributed by atoms with E-state index >= 15 is 0 Å². The third kappa shape index (κ3) is 2.75. The number of thiophene rings is 2. The van der Waals surface area contributed by atoms with Crippen molar-refractivity contribution in [2.24, 2.45) is 0 Å². The van der Waals surface area contributed by atoms with Crippen LogP contribution in [0.15, 0.2) is 24.3 Å². The van der Waals surface area contributed by atoms with Gasteiger partial charge < -0.3 is 9.97 Å². The normalized spacial score (nSPS) is 11.2. The van der Waals surface area contributed by atoms with Crippen molar-refractivity contribution in [3.8, 4) is 21.1 Å². The first-order chi connectivity index (χ1) is 11.5. The largest absolute Gasteiger partial charge is 0.322 e. The zero-order valence-corrected chi connectivity index (χ0v) is 16.1. The molecule has 8 heteroatoms. The fraction of sp³-hybridized carbons (Fsp3) is 0.125. The van der Waals surface area contributed by atoms with E-state index in [0.29, 0.717) is 20.6 Å². The molecule has 120 valence electrons. The minimum Gasteiger partial charge on any atom is -0.322 e. The van der Waals surface area contributed by atoms with Crippen molar-refractivity contribution in [1.82, 2.24) is 19.9 Å². The van der Waals surface area contributed by atoms with Gasteiger partial charge >= 0.3 is 0 Å². The summed E-state index contributed by atoms with van der Waals surface area (Å²) >= 11 is 14.0. The Morgan fingerprint density at radius 3 is 1.96 bits per heavy atom. The second kappa shape index (κ2) is 5.96. The average molecular weight is 389 g/mol. The van der Waals surface area contributed by atoms with Gasteiger partial charge in [0, 0.05) is 9.75 Å². The molecule has 0 fully saturated rings. The van der Waals surface area contributed by atoms with Crippen molar-refractivity contribution >= 4 is 58.3 Å². The van der Waals surface area contributed by atoms with Gasteiger partial charge in [0.05, 0.1) is 9.75 Å². The van der Waals surface area contributed by atoms with E-state index in [1.165, 1.54) is 9.75 Å². The zero-order valence-electron chi connectivity index (χ0n) is 12.8. The maximum atomic E-state index is 5.38. The summed E-state index contributed by atoms with van der Waals surface area (Å²) in [7, 11) is 0. The molecule has 0 radical (unpaired) electrons. The number of fused-ring (bicyclic) bond motifs is 1. The minimum absolute atomic E-state index is 0.454. The lowest BCUT2D eigenvalue weighted by molar-refractivity contribution is 1.12. The Hall–Kier alpha value is -1.74. The van der Waals surface area contributed by atoms with E-state index in [-0.39, 0.29) is 0 Å². The molecule has 0 aliphatic heterocycles. The Morgan fingerprint density at radius 1 is 0.833 bits per heavy atom. The number of aromatic nitrogens is 4. The Bertz CT molecular complexity index is 1180. The quantitative estimate of drug-likeness (QED) is 0.425. The van der Waals surface area contributed by atoms with Gasteiger partial charge in [0.15, 0.2) is 10.4 Å². The Morgan fingerprint density at radius 2 is 1.42 bits per heavy atom. The molecule has 0 aliphatic rings. The maximum Gasteiger partial charge on any atom is 0.177 e. The Balaban J connectivity index is 2.10. The van der Waals surface area contributed by atoms with Crippen LogP contribution in [0, 0.1) is 23.3 Å².